The Morgan fingerprint density at radius 2 is 1.90 bits per heavy atom. The molecule has 0 radical (unpaired) electrons. The molecule has 1 N–H and O–H groups in total. The van der Waals surface area contributed by atoms with Gasteiger partial charge in [0.25, 0.3) is 0 Å². The summed E-state index contributed by atoms with van der Waals surface area (Å²) < 4.78 is 37.2. The Kier molecular flexibility index (Phi) is 6.62. The van der Waals surface area contributed by atoms with Gasteiger partial charge in [0.05, 0.1) is 26.0 Å². The minimum atomic E-state index is -3.58. The van der Waals surface area contributed by atoms with Gasteiger partial charge in [-0.2, -0.15) is 4.31 Å². The van der Waals surface area contributed by atoms with Crippen LogP contribution in [0.15, 0.2) is 42.5 Å². The van der Waals surface area contributed by atoms with Gasteiger partial charge in [-0.3, -0.25) is 4.79 Å². The monoisotopic (exact) mass is 446 g/mol. The number of hydrogen-bond acceptors (Lipinski definition) is 5. The van der Waals surface area contributed by atoms with E-state index >= 15 is 0 Å². The maximum atomic E-state index is 12.9. The Balaban J connectivity index is 1.78. The number of hydrogen-bond donors (Lipinski definition) is 1. The van der Waals surface area contributed by atoms with Gasteiger partial charge in [-0.1, -0.05) is 29.8 Å². The highest BCUT2D eigenvalue weighted by atomic mass is 32.2. The lowest BCUT2D eigenvalue weighted by Crippen LogP contribution is -2.45. The summed E-state index contributed by atoms with van der Waals surface area (Å²) in [7, 11) is -1.99. The third-order valence-corrected chi connectivity index (χ3v) is 6.47. The smallest absolute Gasteiger partial charge is 0.235 e. The molecule has 0 bridgehead atoms. The molecule has 0 saturated carbocycles. The minimum absolute atomic E-state index is 0.135. The van der Waals surface area contributed by atoms with Crippen molar-refractivity contribution in [2.24, 2.45) is 0 Å². The quantitative estimate of drug-likeness (QED) is 0.706. The fourth-order valence-electron chi connectivity index (χ4n) is 3.68. The Hall–Kier alpha value is -2.58. The van der Waals surface area contributed by atoms with Crippen LogP contribution in [0.5, 0.6) is 11.5 Å². The molecular formula is C23H30N2O5S. The van der Waals surface area contributed by atoms with E-state index in [2.05, 4.69) is 5.32 Å². The molecule has 0 aliphatic carbocycles. The number of carbonyl (C=O) groups is 1. The van der Waals surface area contributed by atoms with Gasteiger partial charge in [0.2, 0.25) is 15.9 Å². The van der Waals surface area contributed by atoms with E-state index in [0.29, 0.717) is 17.9 Å². The number of methoxy groups -OCH3 is 1. The van der Waals surface area contributed by atoms with Gasteiger partial charge >= 0.3 is 0 Å². The lowest BCUT2D eigenvalue weighted by molar-refractivity contribution is -0.122. The van der Waals surface area contributed by atoms with Crippen LogP contribution in [0.4, 0.5) is 0 Å². The highest BCUT2D eigenvalue weighted by molar-refractivity contribution is 7.88. The Morgan fingerprint density at radius 1 is 1.23 bits per heavy atom. The molecule has 0 unspecified atom stereocenters. The zero-order valence-corrected chi connectivity index (χ0v) is 19.5. The number of amides is 1. The SMILES string of the molecule is COc1ccc2c(c1)[C@H](NC(=O)CN(Cc1ccc(C)cc1)S(C)(=O)=O)CC(C)(C)O2. The summed E-state index contributed by atoms with van der Waals surface area (Å²) in [6.07, 6.45) is 1.67. The van der Waals surface area contributed by atoms with Crippen molar-refractivity contribution in [3.05, 3.63) is 59.2 Å². The zero-order valence-electron chi connectivity index (χ0n) is 18.6. The number of sulfonamides is 1. The molecule has 0 fully saturated rings. The maximum Gasteiger partial charge on any atom is 0.235 e. The van der Waals surface area contributed by atoms with Crippen molar-refractivity contribution in [3.8, 4) is 11.5 Å². The van der Waals surface area contributed by atoms with Gasteiger partial charge in [0, 0.05) is 18.5 Å². The minimum Gasteiger partial charge on any atom is -0.497 e. The van der Waals surface area contributed by atoms with Crippen LogP contribution in [0, 0.1) is 6.92 Å². The predicted molar refractivity (Wildman–Crippen MR) is 120 cm³/mol. The summed E-state index contributed by atoms with van der Waals surface area (Å²) in [5, 5.41) is 3.00. The largest absolute Gasteiger partial charge is 0.497 e. The van der Waals surface area contributed by atoms with Crippen LogP contribution in [0.2, 0.25) is 0 Å². The van der Waals surface area contributed by atoms with Gasteiger partial charge in [0.15, 0.2) is 0 Å². The van der Waals surface area contributed by atoms with Crippen LogP contribution in [0.25, 0.3) is 0 Å². The second kappa shape index (κ2) is 8.88. The number of rotatable bonds is 7. The highest BCUT2D eigenvalue weighted by Crippen LogP contribution is 2.41. The summed E-state index contributed by atoms with van der Waals surface area (Å²) in [6.45, 7) is 5.76. The summed E-state index contributed by atoms with van der Waals surface area (Å²) >= 11 is 0. The molecule has 0 aromatic heterocycles. The first-order valence-electron chi connectivity index (χ1n) is 10.1. The van der Waals surface area contributed by atoms with E-state index in [-0.39, 0.29) is 25.0 Å². The number of benzene rings is 2. The molecule has 2 aromatic carbocycles. The van der Waals surface area contributed by atoms with E-state index in [1.54, 1.807) is 7.11 Å². The second-order valence-electron chi connectivity index (χ2n) is 8.61. The van der Waals surface area contributed by atoms with E-state index in [4.69, 9.17) is 9.47 Å². The zero-order chi connectivity index (χ0) is 22.8. The Labute approximate surface area is 184 Å². The molecule has 1 amide bonds. The molecule has 8 heteroatoms. The number of ether oxygens (including phenoxy) is 2. The molecule has 168 valence electrons. The average Bonchev–Trinajstić information content (AvgIpc) is 2.67. The van der Waals surface area contributed by atoms with Crippen molar-refractivity contribution in [1.82, 2.24) is 9.62 Å². The van der Waals surface area contributed by atoms with Crippen molar-refractivity contribution < 1.29 is 22.7 Å². The van der Waals surface area contributed by atoms with Gasteiger partial charge in [-0.05, 0) is 44.5 Å². The molecule has 0 spiro atoms. The molecule has 31 heavy (non-hydrogen) atoms. The molecule has 1 aliphatic heterocycles. The van der Waals surface area contributed by atoms with E-state index in [9.17, 15) is 13.2 Å². The lowest BCUT2D eigenvalue weighted by atomic mass is 9.89. The summed E-state index contributed by atoms with van der Waals surface area (Å²) in [6, 6.07) is 12.7. The molecule has 7 nitrogen and oxygen atoms in total. The Morgan fingerprint density at radius 3 is 2.52 bits per heavy atom. The number of nitrogens with one attached hydrogen (secondary N) is 1. The normalized spacial score (nSPS) is 17.5. The first-order chi connectivity index (χ1) is 14.5. The van der Waals surface area contributed by atoms with Crippen LogP contribution in [0.3, 0.4) is 0 Å². The molecule has 1 aliphatic rings. The number of aryl methyl sites for hydroxylation is 1. The van der Waals surface area contributed by atoms with Gasteiger partial charge < -0.3 is 14.8 Å². The molecular weight excluding hydrogens is 416 g/mol. The number of fused-ring (bicyclic) bond motifs is 1. The standard InChI is InChI=1S/C23H30N2O5S/c1-16-6-8-17(9-7-16)14-25(31(5,27)28)15-22(26)24-20-13-23(2,3)30-21-11-10-18(29-4)12-19(20)21/h6-12,20H,13-15H2,1-5H3,(H,24,26)/t20-/m1/s1. The van der Waals surface area contributed by atoms with Crippen LogP contribution < -0.4 is 14.8 Å². The van der Waals surface area contributed by atoms with Crippen LogP contribution in [0.1, 0.15) is 43.0 Å². The molecule has 0 saturated heterocycles. The van der Waals surface area contributed by atoms with Crippen LogP contribution in [-0.4, -0.2) is 44.1 Å². The average molecular weight is 447 g/mol. The van der Waals surface area contributed by atoms with Gasteiger partial charge in [-0.25, -0.2) is 8.42 Å². The third-order valence-electron chi connectivity index (χ3n) is 5.28. The highest BCUT2D eigenvalue weighted by Gasteiger charge is 2.35. The fraction of sp³-hybridized carbons (Fsp3) is 0.435. The maximum absolute atomic E-state index is 12.9. The van der Waals surface area contributed by atoms with Gasteiger partial charge in [-0.15, -0.1) is 0 Å². The first kappa shape index (κ1) is 23.1. The van der Waals surface area contributed by atoms with Crippen molar-refractivity contribution in [1.29, 1.82) is 0 Å². The van der Waals surface area contributed by atoms with E-state index in [1.807, 2.05) is 63.2 Å². The summed E-state index contributed by atoms with van der Waals surface area (Å²) in [4.78, 5) is 12.9. The van der Waals surface area contributed by atoms with E-state index in [0.717, 1.165) is 22.9 Å². The van der Waals surface area contributed by atoms with Crippen molar-refractivity contribution in [2.45, 2.75) is 45.4 Å². The first-order valence-corrected chi connectivity index (χ1v) is 12.0. The molecule has 1 atom stereocenters. The van der Waals surface area contributed by atoms with Crippen LogP contribution in [-0.2, 0) is 21.4 Å². The number of nitrogens with zero attached hydrogens (tertiary/aromatic N) is 1. The van der Waals surface area contributed by atoms with E-state index in [1.165, 1.54) is 4.31 Å². The second-order valence-corrected chi connectivity index (χ2v) is 10.6. The number of carbonyl (C=O) groups excluding carboxylic acids is 1. The summed E-state index contributed by atoms with van der Waals surface area (Å²) in [5.41, 5.74) is 2.25. The predicted octanol–water partition coefficient (Wildman–Crippen LogP) is 3.18. The molecule has 2 aromatic rings. The topological polar surface area (TPSA) is 84.9 Å². The van der Waals surface area contributed by atoms with Crippen molar-refractivity contribution in [3.63, 3.8) is 0 Å². The molecule has 3 rings (SSSR count). The van der Waals surface area contributed by atoms with Gasteiger partial charge in [0.1, 0.15) is 17.1 Å². The summed E-state index contributed by atoms with van der Waals surface area (Å²) in [5.74, 6) is 0.981. The van der Waals surface area contributed by atoms with Crippen molar-refractivity contribution in [2.75, 3.05) is 19.9 Å². The van der Waals surface area contributed by atoms with E-state index < -0.39 is 15.6 Å². The third kappa shape index (κ3) is 5.98. The van der Waals surface area contributed by atoms with Crippen molar-refractivity contribution >= 4 is 15.9 Å². The fourth-order valence-corrected chi connectivity index (χ4v) is 4.41. The van der Waals surface area contributed by atoms with Crippen LogP contribution >= 0.6 is 0 Å². The lowest BCUT2D eigenvalue weighted by Gasteiger charge is -2.38. The molecule has 1 heterocycles. The Bertz CT molecular complexity index is 1050.